The zero-order valence-corrected chi connectivity index (χ0v) is 19.8. The minimum absolute atomic E-state index is 0.0302. The van der Waals surface area contributed by atoms with Gasteiger partial charge in [0.25, 0.3) is 5.91 Å². The molecule has 2 amide bonds. The monoisotopic (exact) mass is 472 g/mol. The molecule has 6 rings (SSSR count). The van der Waals surface area contributed by atoms with Gasteiger partial charge in [-0.15, -0.1) is 0 Å². The number of rotatable bonds is 5. The Morgan fingerprint density at radius 2 is 1.74 bits per heavy atom. The molecule has 184 valence electrons. The molecule has 4 aliphatic carbocycles. The number of hydrogen-bond donors (Lipinski definition) is 2. The van der Waals surface area contributed by atoms with Gasteiger partial charge in [0.05, 0.1) is 11.5 Å². The first-order chi connectivity index (χ1) is 16.1. The number of ether oxygens (including phenoxy) is 1. The van der Waals surface area contributed by atoms with Crippen molar-refractivity contribution in [2.75, 3.05) is 11.9 Å². The van der Waals surface area contributed by atoms with Crippen molar-refractivity contribution in [3.8, 4) is 0 Å². The highest BCUT2D eigenvalue weighted by atomic mass is 19.1. The Labute approximate surface area is 199 Å². The van der Waals surface area contributed by atoms with Crippen molar-refractivity contribution in [1.82, 2.24) is 4.90 Å². The number of esters is 1. The van der Waals surface area contributed by atoms with E-state index in [1.165, 1.54) is 37.2 Å². The maximum Gasteiger partial charge on any atom is 0.329 e. The Balaban J connectivity index is 1.25. The van der Waals surface area contributed by atoms with Crippen molar-refractivity contribution in [1.29, 1.82) is 0 Å². The fourth-order valence-corrected chi connectivity index (χ4v) is 7.16. The number of anilines is 1. The SMILES string of the molecule is Cc1ccc(NC(=O)[C@H](C)OC(=O)[C@H]2C[C@H](O)CN2C(=O)C23CC4CC(CC(C4)C2)C3)cc1F. The van der Waals surface area contributed by atoms with E-state index in [4.69, 9.17) is 4.74 Å². The topological polar surface area (TPSA) is 95.9 Å². The Hall–Kier alpha value is -2.48. The van der Waals surface area contributed by atoms with Gasteiger partial charge in [-0.3, -0.25) is 9.59 Å². The lowest BCUT2D eigenvalue weighted by Crippen LogP contribution is -2.56. The number of aliphatic hydroxyl groups excluding tert-OH is 1. The second-order valence-electron chi connectivity index (χ2n) is 11.1. The maximum atomic E-state index is 13.8. The molecule has 7 nitrogen and oxygen atoms in total. The molecule has 0 spiro atoms. The van der Waals surface area contributed by atoms with Crippen LogP contribution >= 0.6 is 0 Å². The molecule has 5 aliphatic rings. The highest BCUT2D eigenvalue weighted by molar-refractivity contribution is 5.96. The summed E-state index contributed by atoms with van der Waals surface area (Å²) >= 11 is 0. The first kappa shape index (κ1) is 23.3. The van der Waals surface area contributed by atoms with Gasteiger partial charge < -0.3 is 20.1 Å². The number of amides is 2. The summed E-state index contributed by atoms with van der Waals surface area (Å²) in [6.07, 6.45) is 4.41. The van der Waals surface area contributed by atoms with Crippen LogP contribution in [0, 0.1) is 35.9 Å². The minimum Gasteiger partial charge on any atom is -0.451 e. The third-order valence-electron chi connectivity index (χ3n) is 8.41. The number of β-amino-alcohol motifs (C(OH)–C–C–N with tert-alkyl or cyclic N) is 1. The average Bonchev–Trinajstić information content (AvgIpc) is 3.16. The Morgan fingerprint density at radius 1 is 1.12 bits per heavy atom. The molecule has 4 bridgehead atoms. The van der Waals surface area contributed by atoms with Crippen LogP contribution in [0.4, 0.5) is 10.1 Å². The first-order valence-corrected chi connectivity index (χ1v) is 12.4. The molecule has 1 saturated heterocycles. The predicted octanol–water partition coefficient (Wildman–Crippen LogP) is 3.18. The number of likely N-dealkylation sites (tertiary alicyclic amines) is 1. The number of carbonyl (C=O) groups excluding carboxylic acids is 3. The fraction of sp³-hybridized carbons (Fsp3) is 0.654. The summed E-state index contributed by atoms with van der Waals surface area (Å²) in [7, 11) is 0. The van der Waals surface area contributed by atoms with E-state index in [0.717, 1.165) is 19.3 Å². The number of carbonyl (C=O) groups is 3. The number of benzene rings is 1. The highest BCUT2D eigenvalue weighted by Gasteiger charge is 2.57. The molecule has 1 aromatic carbocycles. The molecule has 0 unspecified atom stereocenters. The molecule has 8 heteroatoms. The number of aliphatic hydroxyl groups is 1. The Kier molecular flexibility index (Phi) is 5.91. The number of nitrogens with one attached hydrogen (secondary N) is 1. The predicted molar refractivity (Wildman–Crippen MR) is 122 cm³/mol. The van der Waals surface area contributed by atoms with Crippen molar-refractivity contribution < 1.29 is 28.6 Å². The molecule has 0 aromatic heterocycles. The molecule has 4 saturated carbocycles. The molecular formula is C26H33FN2O5. The van der Waals surface area contributed by atoms with Gasteiger partial charge in [0.2, 0.25) is 5.91 Å². The molecule has 5 fully saturated rings. The summed E-state index contributed by atoms with van der Waals surface area (Å²) in [6.45, 7) is 3.18. The van der Waals surface area contributed by atoms with Gasteiger partial charge in [0.1, 0.15) is 11.9 Å². The smallest absolute Gasteiger partial charge is 0.329 e. The highest BCUT2D eigenvalue weighted by Crippen LogP contribution is 2.60. The van der Waals surface area contributed by atoms with Gasteiger partial charge in [0, 0.05) is 18.7 Å². The summed E-state index contributed by atoms with van der Waals surface area (Å²) < 4.78 is 19.2. The van der Waals surface area contributed by atoms with E-state index in [1.807, 2.05) is 0 Å². The second-order valence-corrected chi connectivity index (χ2v) is 11.1. The third kappa shape index (κ3) is 4.21. The molecule has 1 aliphatic heterocycles. The molecule has 34 heavy (non-hydrogen) atoms. The molecular weight excluding hydrogens is 439 g/mol. The zero-order chi connectivity index (χ0) is 24.2. The van der Waals surface area contributed by atoms with E-state index in [0.29, 0.717) is 23.3 Å². The normalized spacial score (nSPS) is 34.7. The first-order valence-electron chi connectivity index (χ1n) is 12.4. The summed E-state index contributed by atoms with van der Waals surface area (Å²) in [5.41, 5.74) is 0.308. The van der Waals surface area contributed by atoms with Crippen molar-refractivity contribution in [3.05, 3.63) is 29.6 Å². The minimum atomic E-state index is -1.13. The lowest BCUT2D eigenvalue weighted by Gasteiger charge is -2.56. The van der Waals surface area contributed by atoms with Crippen molar-refractivity contribution in [2.24, 2.45) is 23.2 Å². The van der Waals surface area contributed by atoms with E-state index in [9.17, 15) is 23.9 Å². The van der Waals surface area contributed by atoms with Crippen molar-refractivity contribution in [3.63, 3.8) is 0 Å². The zero-order valence-electron chi connectivity index (χ0n) is 19.8. The molecule has 2 N–H and O–H groups in total. The quantitative estimate of drug-likeness (QED) is 0.642. The van der Waals surface area contributed by atoms with Crippen molar-refractivity contribution in [2.45, 2.75) is 77.0 Å². The maximum absolute atomic E-state index is 13.8. The molecule has 3 atom stereocenters. The van der Waals surface area contributed by atoms with Crippen LogP contribution in [0.1, 0.15) is 57.4 Å². The summed E-state index contributed by atoms with van der Waals surface area (Å²) in [5, 5.41) is 12.9. The van der Waals surface area contributed by atoms with Gasteiger partial charge in [-0.05, 0) is 87.8 Å². The van der Waals surface area contributed by atoms with Crippen LogP contribution in [0.3, 0.4) is 0 Å². The number of nitrogens with zero attached hydrogens (tertiary/aromatic N) is 1. The van der Waals surface area contributed by atoms with Crippen molar-refractivity contribution >= 4 is 23.5 Å². The summed E-state index contributed by atoms with van der Waals surface area (Å²) in [4.78, 5) is 40.8. The molecule has 1 aromatic rings. The fourth-order valence-electron chi connectivity index (χ4n) is 7.16. The lowest BCUT2D eigenvalue weighted by molar-refractivity contribution is -0.168. The Morgan fingerprint density at radius 3 is 2.32 bits per heavy atom. The van der Waals surface area contributed by atoms with Crippen LogP contribution in [0.25, 0.3) is 0 Å². The van der Waals surface area contributed by atoms with Gasteiger partial charge in [-0.2, -0.15) is 0 Å². The van der Waals surface area contributed by atoms with Gasteiger partial charge >= 0.3 is 5.97 Å². The van der Waals surface area contributed by atoms with Crippen LogP contribution in [0.5, 0.6) is 0 Å². The van der Waals surface area contributed by atoms with E-state index < -0.39 is 41.4 Å². The number of hydrogen-bond acceptors (Lipinski definition) is 5. The Bertz CT molecular complexity index is 976. The molecule has 0 radical (unpaired) electrons. The van der Waals surface area contributed by atoms with E-state index in [2.05, 4.69) is 5.32 Å². The summed E-state index contributed by atoms with van der Waals surface area (Å²) in [5.74, 6) is 0.00963. The largest absolute Gasteiger partial charge is 0.451 e. The molecule has 1 heterocycles. The van der Waals surface area contributed by atoms with Crippen LogP contribution in [-0.2, 0) is 19.1 Å². The standard InChI is InChI=1S/C26H33FN2O5/c1-14-3-4-19(8-21(14)27)28-23(31)15(2)34-24(32)22-9-20(30)13-29(22)25(33)26-10-16-5-17(11-26)7-18(6-16)12-26/h3-4,8,15-18,20,22,30H,5-7,9-13H2,1-2H3,(H,28,31)/t15-,16?,17?,18?,20-,22+,26?/m0/s1. The van der Waals surface area contributed by atoms with E-state index >= 15 is 0 Å². The summed E-state index contributed by atoms with van der Waals surface area (Å²) in [6, 6.07) is 3.43. The van der Waals surface area contributed by atoms with Crippen LogP contribution in [0.2, 0.25) is 0 Å². The van der Waals surface area contributed by atoms with Gasteiger partial charge in [0.15, 0.2) is 6.10 Å². The number of halogens is 1. The second kappa shape index (κ2) is 8.63. The van der Waals surface area contributed by atoms with E-state index in [-0.39, 0.29) is 24.6 Å². The lowest BCUT2D eigenvalue weighted by atomic mass is 9.49. The van der Waals surface area contributed by atoms with Crippen LogP contribution < -0.4 is 5.32 Å². The van der Waals surface area contributed by atoms with E-state index in [1.54, 1.807) is 19.1 Å². The van der Waals surface area contributed by atoms with Crippen LogP contribution in [0.15, 0.2) is 18.2 Å². The number of aryl methyl sites for hydroxylation is 1. The third-order valence-corrected chi connectivity index (χ3v) is 8.41. The van der Waals surface area contributed by atoms with Gasteiger partial charge in [-0.25, -0.2) is 9.18 Å². The van der Waals surface area contributed by atoms with Gasteiger partial charge in [-0.1, -0.05) is 6.07 Å². The van der Waals surface area contributed by atoms with Crippen LogP contribution in [-0.4, -0.2) is 52.6 Å². The average molecular weight is 473 g/mol.